The molecule has 724 valence electrons. The number of rotatable bonds is 28. The van der Waals surface area contributed by atoms with Crippen LogP contribution in [0.5, 0.6) is 40.2 Å². The average molecular weight is 1930 g/mol. The number of nitrogens with two attached hydrogens (primary N) is 1. The third-order valence-electron chi connectivity index (χ3n) is 22.1. The molecule has 13 rings (SSSR count). The fourth-order valence-electron chi connectivity index (χ4n) is 15.8. The van der Waals surface area contributed by atoms with E-state index in [0.717, 1.165) is 19.2 Å². The number of aliphatic hydroxyl groups excluding tert-OH is 6. The van der Waals surface area contributed by atoms with Gasteiger partial charge in [-0.05, 0) is 110 Å². The molecule has 0 amide bonds. The highest BCUT2D eigenvalue weighted by Gasteiger charge is 2.53. The van der Waals surface area contributed by atoms with Gasteiger partial charge in [0.05, 0.1) is 104 Å². The van der Waals surface area contributed by atoms with Crippen LogP contribution in [0.3, 0.4) is 0 Å². The molecule has 2 saturated heterocycles. The molecule has 0 bridgehead atoms. The number of nitrogens with one attached hydrogen (secondary N) is 1. The number of hydrogen-bond donors (Lipinski definition) is 14. The molecule has 6 aliphatic rings. The van der Waals surface area contributed by atoms with Crippen molar-refractivity contribution >= 4 is 88.7 Å². The first-order valence-corrected chi connectivity index (χ1v) is 40.3. The lowest BCUT2D eigenvalue weighted by molar-refractivity contribution is -0.386. The number of non-ortho nitro benzene ring substituents is 1. The number of ether oxygens (including phenoxy) is 9. The molecule has 0 unspecified atom stereocenters. The molecule has 0 spiro atoms. The number of benzene rings is 7. The number of Topliss-reactive ketones (excluding diaryl/α,β-unsaturated/α-hetero) is 2. The van der Waals surface area contributed by atoms with Crippen molar-refractivity contribution in [2.45, 2.75) is 165 Å². The number of azide groups is 3. The molecule has 0 aromatic heterocycles. The van der Waals surface area contributed by atoms with E-state index < -0.39 is 238 Å². The Morgan fingerprint density at radius 1 is 0.600 bits per heavy atom. The summed E-state index contributed by atoms with van der Waals surface area (Å²) in [7, 11) is 2.29. The largest absolute Gasteiger partial charge is 0.514 e. The van der Waals surface area contributed by atoms with Gasteiger partial charge in [-0.1, -0.05) is 46.6 Å². The lowest BCUT2D eigenvalue weighted by Gasteiger charge is -2.42. The fraction of sp³-hybridized carbons (Fsp3) is 0.412. The molecule has 15 N–H and O–H groups in total. The molecule has 0 radical (unpaired) electrons. The molecule has 12 atom stereocenters. The van der Waals surface area contributed by atoms with Gasteiger partial charge >= 0.3 is 12.1 Å². The van der Waals surface area contributed by atoms with Crippen molar-refractivity contribution in [3.05, 3.63) is 248 Å². The number of nitro benzene ring substituents is 3. The van der Waals surface area contributed by atoms with E-state index in [-0.39, 0.29) is 148 Å². The van der Waals surface area contributed by atoms with Gasteiger partial charge in [-0.2, -0.15) is 0 Å². The summed E-state index contributed by atoms with van der Waals surface area (Å²) in [5.74, 6) is -8.82. The van der Waals surface area contributed by atoms with Crippen LogP contribution in [0.4, 0.5) is 21.9 Å². The predicted molar refractivity (Wildman–Crippen MR) is 468 cm³/mol. The van der Waals surface area contributed by atoms with Crippen LogP contribution in [-0.2, 0) is 68.9 Å². The molecule has 135 heavy (non-hydrogen) atoms. The quantitative estimate of drug-likeness (QED) is 0.00250. The second kappa shape index (κ2) is 49.3. The molecule has 7 aromatic rings. The molecule has 2 fully saturated rings. The number of hydrogen-bond acceptors (Lipinski definition) is 39. The van der Waals surface area contributed by atoms with Crippen LogP contribution >= 0.6 is 24.8 Å². The molecule has 2 heterocycles. The van der Waals surface area contributed by atoms with Gasteiger partial charge in [0, 0.05) is 156 Å². The zero-order valence-electron chi connectivity index (χ0n) is 74.5. The number of nitro groups is 3. The summed E-state index contributed by atoms with van der Waals surface area (Å²) < 4.78 is 61.4. The number of phenolic OH excluding ortho intramolecular Hbond substituents is 4. The number of esters is 1. The highest BCUT2D eigenvalue weighted by atomic mass is 35.5. The van der Waals surface area contributed by atoms with Gasteiger partial charge in [0.1, 0.15) is 79.3 Å². The van der Waals surface area contributed by atoms with E-state index in [1.165, 1.54) is 74.7 Å². The van der Waals surface area contributed by atoms with E-state index in [2.05, 4.69) is 30.7 Å². The van der Waals surface area contributed by atoms with E-state index in [1.807, 2.05) is 4.91 Å². The Hall–Kier alpha value is -13.7. The molecule has 4 aliphatic carbocycles. The number of aliphatic hydroxyl groups is 8. The van der Waals surface area contributed by atoms with E-state index in [4.69, 9.17) is 72.9 Å². The molecule has 2 aliphatic heterocycles. The zero-order valence-corrected chi connectivity index (χ0v) is 74.1. The molecular weight excluding hydrogens is 1830 g/mol. The number of carbonyl (C=O) groups excluding carboxylic acids is 8. The van der Waals surface area contributed by atoms with E-state index in [1.54, 1.807) is 45.0 Å². The van der Waals surface area contributed by atoms with Crippen molar-refractivity contribution in [2.75, 3.05) is 53.7 Å². The number of nitrogens with zero attached hydrogens (tertiary/aromatic N) is 11. The number of ketones is 6. The Morgan fingerprint density at radius 3 is 1.39 bits per heavy atom. The van der Waals surface area contributed by atoms with Gasteiger partial charge in [-0.15, -0.1) is 30.3 Å². The van der Waals surface area contributed by atoms with Crippen molar-refractivity contribution in [1.82, 2.24) is 0 Å². The summed E-state index contributed by atoms with van der Waals surface area (Å²) in [4.78, 5) is 144. The lowest BCUT2D eigenvalue weighted by atomic mass is 9.71. The summed E-state index contributed by atoms with van der Waals surface area (Å²) in [5, 5.41) is 160. The van der Waals surface area contributed by atoms with Gasteiger partial charge in [0.15, 0.2) is 47.3 Å². The second-order valence-corrected chi connectivity index (χ2v) is 30.4. The normalized spacial score (nSPS) is 21.2. The Bertz CT molecular complexity index is 5820. The fourth-order valence-corrected chi connectivity index (χ4v) is 15.8. The molecule has 48 nitrogen and oxygen atoms in total. The van der Waals surface area contributed by atoms with Crippen molar-refractivity contribution < 1.29 is 158 Å². The Morgan fingerprint density at radius 2 is 1.00 bits per heavy atom. The topological polar surface area (TPSA) is 776 Å². The minimum atomic E-state index is -2.37. The first-order chi connectivity index (χ1) is 64.2. The van der Waals surface area contributed by atoms with Crippen LogP contribution in [-0.4, -0.2) is 232 Å². The zero-order chi connectivity index (χ0) is 99.8. The number of phenols is 4. The number of aryl methyl sites for hydroxylation is 2. The van der Waals surface area contributed by atoms with Gasteiger partial charge in [0.2, 0.25) is 1.43 Å². The van der Waals surface area contributed by atoms with Crippen molar-refractivity contribution in [1.29, 1.82) is 6.96 Å². The maximum atomic E-state index is 13.9. The molecule has 7 aromatic carbocycles. The number of carbonyl (C=O) groups is 8. The summed E-state index contributed by atoms with van der Waals surface area (Å²) in [6.45, 7) is 4.04. The number of halogens is 2. The summed E-state index contributed by atoms with van der Waals surface area (Å²) in [6, 6.07) is 21.1. The third kappa shape index (κ3) is 25.2. The molecule has 50 heteroatoms. The number of fused-ring (bicyclic) bond motifs is 6. The Labute approximate surface area is 779 Å². The second-order valence-electron chi connectivity index (χ2n) is 30.4. The standard InChI is InChI=1S/C39H40N4O15.C27H29NO10.C17H15N5O8.2CH4O.2ClH.HN3/c1-18-5-3-6-23-30(18)37(50)33-32(35(23)48)36(49)24-14-39(52,27(45)16-44)15-26(31(24)38(33)51)58-29-13-20(34(47)19(2)57-29)12-28(46)56-17-21-11-22(7-8-25(21)43(53)54)55-10-4-9-41-42-40;1-10-4-3-5-12-18(10)25(34)21-20(23(12)32)24(33)13-7-27(36,16(30)9-29)8-15(19(13)26(21)35)38-17-6-14(28)22(31)11(2)37-17;18-20-19-8-1-9-28-15-6-7-16(22(26)27)12(10-15)11-29-17(23)30-14-4-2-13(3-5-14)21(24)25;2*1-2;;;1-3-2/h3,5-8,11,19-20,26,29,34,44,47,49,51-52H,4,9-10,12-17H2,1-2H3;3-5,11,14-15,17,22,29,31,33,35-36H,6-9,28H2,1-2H3;2-7,10H,1,8-9,11H2;2*2H,1H3;2*1H;1H/t19-,20-,26-,29-,34+,39-;11-,14-,15-,17-,22+,27-;;;;;;/m00....../s1/i;;;2D;;;;/hD. The molecular formula is C85H95Cl2N13O35. The van der Waals surface area contributed by atoms with Crippen LogP contribution in [0.15, 0.2) is 107 Å². The van der Waals surface area contributed by atoms with E-state index >= 15 is 0 Å². The first kappa shape index (κ1) is 107. The van der Waals surface area contributed by atoms with Crippen LogP contribution in [0.25, 0.3) is 31.3 Å². The van der Waals surface area contributed by atoms with Crippen LogP contribution < -0.4 is 19.9 Å². The third-order valence-corrected chi connectivity index (χ3v) is 22.1. The van der Waals surface area contributed by atoms with E-state index in [0.29, 0.717) is 29.7 Å². The van der Waals surface area contributed by atoms with E-state index in [9.17, 15) is 120 Å². The van der Waals surface area contributed by atoms with Crippen LogP contribution in [0, 0.1) is 55.6 Å². The average Bonchev–Trinajstić information content (AvgIpc) is 0.713. The minimum absolute atomic E-state index is 0. The van der Waals surface area contributed by atoms with Gasteiger partial charge in [-0.3, -0.25) is 63.9 Å². The van der Waals surface area contributed by atoms with Gasteiger partial charge < -0.3 is 110 Å². The SMILES string of the molecule is CO.Cc1cccc2c1C(=O)c1c(O)c3c(c(O)c1C2=O)C[C@@](O)(C(=O)CO)C[C@@H]3O[C@H]1C[C@H](CC(=O)OCc2cc(OCCCN=[N+]=[N-])ccc2[N+](=O)[O-])[C@H](O)[C@H](C)O1.Cc1cccc2c1C(=O)c1c(O)c3c(c(O)c1C2=O)C[C@@](O)(C(=O)CO)C[C@@H]3O[C@H]1C[C@H](N)[C@H](O)[C@H](C)O1.Cl.Cl.[2H]N=[N+]=[N-].[2H]OC.[N-]=[N+]=NCCCOc1ccc([N+](=O)[O-])c(COC(=O)Oc2ccc([N+](=O)[O-])cc2)c1. The highest BCUT2D eigenvalue weighted by molar-refractivity contribution is 6.32. The predicted octanol–water partition coefficient (Wildman–Crippen LogP) is 9.25. The summed E-state index contributed by atoms with van der Waals surface area (Å²) in [6.07, 6.45) is -12.2. The smallest absolute Gasteiger partial charge is 0.507 e. The maximum absolute atomic E-state index is 13.9. The van der Waals surface area contributed by atoms with Crippen LogP contribution in [0.1, 0.15) is 179 Å². The lowest BCUT2D eigenvalue weighted by Crippen LogP contribution is -2.53. The maximum Gasteiger partial charge on any atom is 0.514 e. The van der Waals surface area contributed by atoms with Gasteiger partial charge in [0.25, 0.3) is 17.1 Å². The monoisotopic (exact) mass is 1930 g/mol. The van der Waals surface area contributed by atoms with Crippen molar-refractivity contribution in [3.8, 4) is 40.2 Å². The number of aromatic hydroxyl groups is 4. The first-order valence-electron chi connectivity index (χ1n) is 41.1. The Balaban J connectivity index is 0.000000316. The van der Waals surface area contributed by atoms with Crippen LogP contribution in [0.2, 0.25) is 1.41 Å². The van der Waals surface area contributed by atoms with Crippen molar-refractivity contribution in [2.24, 2.45) is 21.9 Å². The minimum Gasteiger partial charge on any atom is -0.507 e. The summed E-state index contributed by atoms with van der Waals surface area (Å²) in [5.41, 5.74) is 25.2. The van der Waals surface area contributed by atoms with Crippen molar-refractivity contribution in [3.63, 3.8) is 0 Å². The highest BCUT2D eigenvalue weighted by Crippen LogP contribution is 2.55. The molecule has 0 saturated carbocycles. The Kier molecular flexibility index (Phi) is 39.0. The van der Waals surface area contributed by atoms with Gasteiger partial charge in [-0.25, -0.2) is 4.79 Å². The summed E-state index contributed by atoms with van der Waals surface area (Å²) >= 11 is 0.